The van der Waals surface area contributed by atoms with Gasteiger partial charge in [0.2, 0.25) is 11.8 Å². The summed E-state index contributed by atoms with van der Waals surface area (Å²) < 4.78 is 5.00. The molecule has 1 aliphatic rings. The van der Waals surface area contributed by atoms with Crippen LogP contribution in [0.5, 0.6) is 0 Å². The van der Waals surface area contributed by atoms with E-state index in [1.165, 1.54) is 25.9 Å². The number of para-hydroxylation sites is 1. The van der Waals surface area contributed by atoms with Crippen molar-refractivity contribution in [3.05, 3.63) is 28.2 Å². The second-order valence-electron chi connectivity index (χ2n) is 5.95. The number of halogens is 2. The molecule has 0 saturated carbocycles. The van der Waals surface area contributed by atoms with Crippen molar-refractivity contribution in [2.24, 2.45) is 0 Å². The van der Waals surface area contributed by atoms with Crippen molar-refractivity contribution < 1.29 is 19.1 Å². The lowest BCUT2D eigenvalue weighted by molar-refractivity contribution is -0.152. The standard InChI is InChI=1S/C17H20Cl2N2O4/c1-11(22)20-9-7-17(8-10-20,16(24)25-3)21(12(2)23)15-13(18)5-4-6-14(15)19/h4-6H,7-10H2,1-3H3. The number of anilines is 1. The summed E-state index contributed by atoms with van der Waals surface area (Å²) in [5.41, 5.74) is -0.985. The predicted octanol–water partition coefficient (Wildman–Crippen LogP) is 2.90. The second kappa shape index (κ2) is 7.62. The van der Waals surface area contributed by atoms with E-state index in [0.29, 0.717) is 13.1 Å². The van der Waals surface area contributed by atoms with Crippen LogP contribution in [0.3, 0.4) is 0 Å². The van der Waals surface area contributed by atoms with E-state index in [0.717, 1.165) is 0 Å². The predicted molar refractivity (Wildman–Crippen MR) is 95.9 cm³/mol. The lowest BCUT2D eigenvalue weighted by atomic mass is 9.84. The number of ether oxygens (including phenoxy) is 1. The molecule has 1 saturated heterocycles. The highest BCUT2D eigenvalue weighted by Crippen LogP contribution is 2.41. The van der Waals surface area contributed by atoms with Crippen molar-refractivity contribution in [3.8, 4) is 0 Å². The van der Waals surface area contributed by atoms with Crippen LogP contribution >= 0.6 is 23.2 Å². The van der Waals surface area contributed by atoms with Crippen LogP contribution in [0.15, 0.2) is 18.2 Å². The average Bonchev–Trinajstić information content (AvgIpc) is 2.57. The fourth-order valence-electron chi connectivity index (χ4n) is 3.28. The third-order valence-electron chi connectivity index (χ3n) is 4.51. The van der Waals surface area contributed by atoms with E-state index in [4.69, 9.17) is 27.9 Å². The Labute approximate surface area is 156 Å². The smallest absolute Gasteiger partial charge is 0.332 e. The van der Waals surface area contributed by atoms with Crippen LogP contribution in [0, 0.1) is 0 Å². The Kier molecular flexibility index (Phi) is 5.95. The molecule has 0 aromatic heterocycles. The molecule has 1 aromatic rings. The Bertz CT molecular complexity index is 680. The van der Waals surface area contributed by atoms with E-state index >= 15 is 0 Å². The van der Waals surface area contributed by atoms with Crippen LogP contribution in [0.2, 0.25) is 10.0 Å². The van der Waals surface area contributed by atoms with E-state index in [9.17, 15) is 14.4 Å². The zero-order valence-electron chi connectivity index (χ0n) is 14.3. The molecule has 0 unspecified atom stereocenters. The third-order valence-corrected chi connectivity index (χ3v) is 5.12. The van der Waals surface area contributed by atoms with Gasteiger partial charge in [-0.25, -0.2) is 4.79 Å². The number of hydrogen-bond acceptors (Lipinski definition) is 4. The number of methoxy groups -OCH3 is 1. The first-order chi connectivity index (χ1) is 11.7. The first-order valence-corrected chi connectivity index (χ1v) is 8.59. The molecule has 0 aliphatic carbocycles. The van der Waals surface area contributed by atoms with Gasteiger partial charge in [-0.05, 0) is 25.0 Å². The van der Waals surface area contributed by atoms with Crippen molar-refractivity contribution in [2.45, 2.75) is 32.2 Å². The molecular formula is C17H20Cl2N2O4. The Morgan fingerprint density at radius 3 is 2.04 bits per heavy atom. The van der Waals surface area contributed by atoms with E-state index < -0.39 is 11.5 Å². The van der Waals surface area contributed by atoms with Crippen LogP contribution in [0.25, 0.3) is 0 Å². The summed E-state index contributed by atoms with van der Waals surface area (Å²) in [6.07, 6.45) is 0.473. The van der Waals surface area contributed by atoms with Crippen LogP contribution < -0.4 is 4.90 Å². The van der Waals surface area contributed by atoms with E-state index in [1.807, 2.05) is 0 Å². The largest absolute Gasteiger partial charge is 0.467 e. The maximum absolute atomic E-state index is 12.7. The Balaban J connectivity index is 2.56. The van der Waals surface area contributed by atoms with Gasteiger partial charge in [-0.2, -0.15) is 0 Å². The Hall–Kier alpha value is -1.79. The highest BCUT2D eigenvalue weighted by Gasteiger charge is 2.50. The third kappa shape index (κ3) is 3.60. The number of piperidine rings is 1. The topological polar surface area (TPSA) is 66.9 Å². The average molecular weight is 387 g/mol. The molecule has 25 heavy (non-hydrogen) atoms. The molecule has 1 fully saturated rings. The number of carbonyl (C=O) groups excluding carboxylic acids is 3. The number of hydrogen-bond donors (Lipinski definition) is 0. The van der Waals surface area contributed by atoms with E-state index in [2.05, 4.69) is 0 Å². The summed E-state index contributed by atoms with van der Waals surface area (Å²) in [5, 5.41) is 0.528. The summed E-state index contributed by atoms with van der Waals surface area (Å²) in [4.78, 5) is 39.8. The Morgan fingerprint density at radius 1 is 1.12 bits per heavy atom. The minimum Gasteiger partial charge on any atom is -0.467 e. The number of benzene rings is 1. The van der Waals surface area contributed by atoms with Crippen molar-refractivity contribution in [1.82, 2.24) is 4.90 Å². The lowest BCUT2D eigenvalue weighted by Crippen LogP contribution is -2.62. The van der Waals surface area contributed by atoms with Crippen LogP contribution in [-0.4, -0.2) is 48.4 Å². The van der Waals surface area contributed by atoms with Gasteiger partial charge in [0.25, 0.3) is 0 Å². The zero-order chi connectivity index (χ0) is 18.8. The van der Waals surface area contributed by atoms with Gasteiger partial charge in [0.15, 0.2) is 0 Å². The fourth-order valence-corrected chi connectivity index (χ4v) is 3.84. The molecule has 0 N–H and O–H groups in total. The molecule has 0 atom stereocenters. The summed E-state index contributed by atoms with van der Waals surface area (Å²) >= 11 is 12.6. The Morgan fingerprint density at radius 2 is 1.64 bits per heavy atom. The molecular weight excluding hydrogens is 367 g/mol. The van der Waals surface area contributed by atoms with Crippen molar-refractivity contribution in [2.75, 3.05) is 25.1 Å². The summed E-state index contributed by atoms with van der Waals surface area (Å²) in [5.74, 6) is -1.01. The van der Waals surface area contributed by atoms with E-state index in [1.54, 1.807) is 23.1 Å². The fraction of sp³-hybridized carbons (Fsp3) is 0.471. The minimum absolute atomic E-state index is 0.0800. The van der Waals surface area contributed by atoms with Crippen molar-refractivity contribution in [1.29, 1.82) is 0 Å². The molecule has 6 nitrogen and oxygen atoms in total. The highest BCUT2D eigenvalue weighted by molar-refractivity contribution is 6.40. The van der Waals surface area contributed by atoms with Crippen molar-refractivity contribution >= 4 is 46.7 Å². The molecule has 2 amide bonds. The number of likely N-dealkylation sites (tertiary alicyclic amines) is 1. The summed E-state index contributed by atoms with van der Waals surface area (Å²) in [6, 6.07) is 4.87. The number of esters is 1. The minimum atomic E-state index is -1.26. The van der Waals surface area contributed by atoms with Crippen LogP contribution in [0.4, 0.5) is 5.69 Å². The van der Waals surface area contributed by atoms with E-state index in [-0.39, 0.29) is 40.4 Å². The van der Waals surface area contributed by atoms with Gasteiger partial charge < -0.3 is 9.64 Å². The van der Waals surface area contributed by atoms with Crippen LogP contribution in [0.1, 0.15) is 26.7 Å². The molecule has 8 heteroatoms. The first-order valence-electron chi connectivity index (χ1n) is 7.83. The zero-order valence-corrected chi connectivity index (χ0v) is 15.9. The molecule has 1 aromatic carbocycles. The summed E-state index contributed by atoms with van der Waals surface area (Å²) in [7, 11) is 1.27. The van der Waals surface area contributed by atoms with Gasteiger partial charge in [0.1, 0.15) is 5.54 Å². The maximum Gasteiger partial charge on any atom is 0.332 e. The molecule has 0 radical (unpaired) electrons. The first kappa shape index (κ1) is 19.5. The molecule has 1 heterocycles. The molecule has 0 bridgehead atoms. The highest BCUT2D eigenvalue weighted by atomic mass is 35.5. The number of carbonyl (C=O) groups is 3. The number of amides is 2. The van der Waals surface area contributed by atoms with Gasteiger partial charge >= 0.3 is 5.97 Å². The van der Waals surface area contributed by atoms with Gasteiger partial charge in [-0.15, -0.1) is 0 Å². The van der Waals surface area contributed by atoms with Gasteiger partial charge in [-0.3, -0.25) is 14.5 Å². The maximum atomic E-state index is 12.7. The quantitative estimate of drug-likeness (QED) is 0.748. The SMILES string of the molecule is COC(=O)C1(N(C(C)=O)c2c(Cl)cccc2Cl)CCN(C(C)=O)CC1. The number of rotatable bonds is 3. The normalized spacial score (nSPS) is 16.3. The molecule has 1 aliphatic heterocycles. The summed E-state index contributed by atoms with van der Waals surface area (Å²) in [6.45, 7) is 3.48. The lowest BCUT2D eigenvalue weighted by Gasteiger charge is -2.46. The van der Waals surface area contributed by atoms with Crippen LogP contribution in [-0.2, 0) is 19.1 Å². The van der Waals surface area contributed by atoms with Crippen molar-refractivity contribution in [3.63, 3.8) is 0 Å². The second-order valence-corrected chi connectivity index (χ2v) is 6.77. The molecule has 2 rings (SSSR count). The number of nitrogens with zero attached hydrogens (tertiary/aromatic N) is 2. The monoisotopic (exact) mass is 386 g/mol. The molecule has 136 valence electrons. The molecule has 0 spiro atoms. The van der Waals surface area contributed by atoms with Gasteiger partial charge in [0, 0.05) is 26.9 Å². The van der Waals surface area contributed by atoms with Gasteiger partial charge in [-0.1, -0.05) is 29.3 Å². The van der Waals surface area contributed by atoms with Gasteiger partial charge in [0.05, 0.1) is 22.8 Å².